The largest absolute Gasteiger partial charge is 0.391 e. The van der Waals surface area contributed by atoms with Gasteiger partial charge in [-0.15, -0.1) is 0 Å². The molecule has 3 aromatic rings. The van der Waals surface area contributed by atoms with Crippen molar-refractivity contribution in [3.8, 4) is 0 Å². The number of carbonyl (C=O) groups is 7. The molecule has 0 aliphatic carbocycles. The quantitative estimate of drug-likeness (QED) is 0.0964. The van der Waals surface area contributed by atoms with E-state index in [1.807, 2.05) is 6.07 Å². The van der Waals surface area contributed by atoms with Gasteiger partial charge in [-0.1, -0.05) is 91.0 Å². The number of rotatable bonds is 22. The van der Waals surface area contributed by atoms with E-state index in [4.69, 9.17) is 10.5 Å². The molecule has 0 saturated heterocycles. The summed E-state index contributed by atoms with van der Waals surface area (Å²) in [4.78, 5) is 96.8. The van der Waals surface area contributed by atoms with Crippen LogP contribution in [-0.4, -0.2) is 125 Å². The molecule has 0 spiro atoms. The molecule has 0 aliphatic rings. The Balaban J connectivity index is 1.89. The molecule has 0 aliphatic heterocycles. The third-order valence-corrected chi connectivity index (χ3v) is 9.40. The minimum atomic E-state index is -1.57. The van der Waals surface area contributed by atoms with Crippen molar-refractivity contribution in [2.75, 3.05) is 39.9 Å². The van der Waals surface area contributed by atoms with Crippen LogP contribution in [0.25, 0.3) is 0 Å². The molecule has 312 valence electrons. The first-order valence-corrected chi connectivity index (χ1v) is 18.9. The van der Waals surface area contributed by atoms with Gasteiger partial charge in [-0.05, 0) is 37.5 Å². The van der Waals surface area contributed by atoms with Crippen molar-refractivity contribution in [2.45, 2.75) is 70.9 Å². The molecule has 0 heterocycles. The summed E-state index contributed by atoms with van der Waals surface area (Å²) in [5.74, 6) is -4.68. The van der Waals surface area contributed by atoms with Crippen molar-refractivity contribution in [2.24, 2.45) is 5.73 Å². The van der Waals surface area contributed by atoms with Gasteiger partial charge in [0.25, 0.3) is 0 Å². The van der Waals surface area contributed by atoms with Gasteiger partial charge >= 0.3 is 0 Å². The van der Waals surface area contributed by atoms with Crippen molar-refractivity contribution in [3.05, 3.63) is 108 Å². The van der Waals surface area contributed by atoms with Crippen LogP contribution in [0.4, 0.5) is 0 Å². The van der Waals surface area contributed by atoms with Crippen LogP contribution in [0.1, 0.15) is 50.4 Å². The Labute approximate surface area is 339 Å². The number of hydrogen-bond acceptors (Lipinski definition) is 9. The third-order valence-electron chi connectivity index (χ3n) is 9.40. The lowest BCUT2D eigenvalue weighted by atomic mass is 10.0. The number of nitrogens with one attached hydrogen (secondary N) is 3. The predicted octanol–water partition coefficient (Wildman–Crippen LogP) is 0.683. The van der Waals surface area contributed by atoms with Gasteiger partial charge in [0.05, 0.1) is 25.3 Å². The minimum Gasteiger partial charge on any atom is -0.391 e. The van der Waals surface area contributed by atoms with E-state index < -0.39 is 78.8 Å². The molecule has 16 heteroatoms. The number of benzene rings is 3. The SMILES string of the molecule is COCCN(CC(=O)N(CC(=O)N(CC(=O)N[C@H](C(=O)N[C@@H](Cc1ccccc1)C(=O)N[C@@H](C)C(N)=O)[C@@H](C)O)[C@@H](C)c1ccccc1)Cc1ccccc1)C(C)=O. The molecule has 0 aromatic heterocycles. The first-order valence-electron chi connectivity index (χ1n) is 18.9. The number of aliphatic hydroxyl groups is 1. The molecule has 0 radical (unpaired) electrons. The normalized spacial score (nSPS) is 13.4. The van der Waals surface area contributed by atoms with E-state index in [1.54, 1.807) is 91.9 Å². The maximum atomic E-state index is 14.3. The molecule has 0 unspecified atom stereocenters. The fraction of sp³-hybridized carbons (Fsp3) is 0.405. The number of methoxy groups -OCH3 is 1. The zero-order chi connectivity index (χ0) is 42.8. The van der Waals surface area contributed by atoms with Crippen molar-refractivity contribution in [1.29, 1.82) is 0 Å². The Morgan fingerprint density at radius 2 is 1.26 bits per heavy atom. The van der Waals surface area contributed by atoms with Gasteiger partial charge in [-0.3, -0.25) is 33.6 Å². The second-order valence-electron chi connectivity index (χ2n) is 13.9. The number of carbonyl (C=O) groups excluding carboxylic acids is 7. The molecule has 7 amide bonds. The number of primary amides is 1. The van der Waals surface area contributed by atoms with E-state index in [2.05, 4.69) is 16.0 Å². The number of ether oxygens (including phenoxy) is 1. The number of nitrogens with two attached hydrogens (primary N) is 1. The summed E-state index contributed by atoms with van der Waals surface area (Å²) in [7, 11) is 1.48. The highest BCUT2D eigenvalue weighted by Crippen LogP contribution is 2.21. The molecular formula is C42H55N7O9. The Hall–Kier alpha value is -6.13. The molecule has 0 fully saturated rings. The van der Waals surface area contributed by atoms with Gasteiger partial charge in [-0.25, -0.2) is 0 Å². The van der Waals surface area contributed by atoms with Gasteiger partial charge in [-0.2, -0.15) is 0 Å². The average Bonchev–Trinajstić information content (AvgIpc) is 3.20. The molecule has 0 bridgehead atoms. The van der Waals surface area contributed by atoms with Gasteiger partial charge < -0.3 is 46.2 Å². The second kappa shape index (κ2) is 23.2. The van der Waals surface area contributed by atoms with E-state index in [0.717, 1.165) is 5.56 Å². The van der Waals surface area contributed by atoms with Gasteiger partial charge in [0.1, 0.15) is 31.2 Å². The number of nitrogens with zero attached hydrogens (tertiary/aromatic N) is 3. The van der Waals surface area contributed by atoms with Crippen LogP contribution in [0.3, 0.4) is 0 Å². The van der Waals surface area contributed by atoms with Crippen molar-refractivity contribution in [1.82, 2.24) is 30.7 Å². The molecule has 3 rings (SSSR count). The van der Waals surface area contributed by atoms with E-state index in [9.17, 15) is 38.7 Å². The van der Waals surface area contributed by atoms with E-state index in [0.29, 0.717) is 11.1 Å². The predicted molar refractivity (Wildman–Crippen MR) is 215 cm³/mol. The summed E-state index contributed by atoms with van der Waals surface area (Å²) in [6.45, 7) is 4.74. The fourth-order valence-corrected chi connectivity index (χ4v) is 5.94. The van der Waals surface area contributed by atoms with Crippen LogP contribution in [0.15, 0.2) is 91.0 Å². The van der Waals surface area contributed by atoms with Crippen LogP contribution >= 0.6 is 0 Å². The number of amides is 7. The van der Waals surface area contributed by atoms with Gasteiger partial charge in [0, 0.05) is 33.5 Å². The van der Waals surface area contributed by atoms with Gasteiger partial charge in [0.2, 0.25) is 41.4 Å². The van der Waals surface area contributed by atoms with Crippen molar-refractivity contribution >= 4 is 41.4 Å². The van der Waals surface area contributed by atoms with E-state index >= 15 is 0 Å². The highest BCUT2D eigenvalue weighted by Gasteiger charge is 2.33. The summed E-state index contributed by atoms with van der Waals surface area (Å²) in [6, 6.07) is 22.1. The maximum Gasteiger partial charge on any atom is 0.245 e. The molecule has 5 atom stereocenters. The van der Waals surface area contributed by atoms with E-state index in [-0.39, 0.29) is 38.6 Å². The topological polar surface area (TPSA) is 221 Å². The highest BCUT2D eigenvalue weighted by molar-refractivity contribution is 5.95. The Morgan fingerprint density at radius 3 is 1.79 bits per heavy atom. The lowest BCUT2D eigenvalue weighted by Gasteiger charge is -2.33. The average molecular weight is 802 g/mol. The first kappa shape index (κ1) is 46.3. The summed E-state index contributed by atoms with van der Waals surface area (Å²) in [6.07, 6.45) is -1.44. The monoisotopic (exact) mass is 801 g/mol. The van der Waals surface area contributed by atoms with Gasteiger partial charge in [0.15, 0.2) is 0 Å². The zero-order valence-corrected chi connectivity index (χ0v) is 33.6. The molecular weight excluding hydrogens is 747 g/mol. The van der Waals surface area contributed by atoms with Crippen LogP contribution in [0.2, 0.25) is 0 Å². The summed E-state index contributed by atoms with van der Waals surface area (Å²) < 4.78 is 5.10. The Kier molecular flexibility index (Phi) is 18.5. The lowest BCUT2D eigenvalue weighted by molar-refractivity contribution is -0.146. The fourth-order valence-electron chi connectivity index (χ4n) is 5.94. The minimum absolute atomic E-state index is 0.00992. The molecule has 0 saturated carbocycles. The molecule has 6 N–H and O–H groups in total. The van der Waals surface area contributed by atoms with Crippen LogP contribution in [0, 0.1) is 0 Å². The van der Waals surface area contributed by atoms with Crippen LogP contribution < -0.4 is 21.7 Å². The summed E-state index contributed by atoms with van der Waals surface area (Å²) in [5, 5.41) is 18.3. The van der Waals surface area contributed by atoms with Crippen molar-refractivity contribution in [3.63, 3.8) is 0 Å². The molecule has 3 aromatic carbocycles. The smallest absolute Gasteiger partial charge is 0.245 e. The zero-order valence-electron chi connectivity index (χ0n) is 33.6. The lowest BCUT2D eigenvalue weighted by Crippen LogP contribution is -2.59. The van der Waals surface area contributed by atoms with Crippen LogP contribution in [0.5, 0.6) is 0 Å². The maximum absolute atomic E-state index is 14.3. The third kappa shape index (κ3) is 14.7. The second-order valence-corrected chi connectivity index (χ2v) is 13.9. The number of hydrogen-bond donors (Lipinski definition) is 5. The summed E-state index contributed by atoms with van der Waals surface area (Å²) >= 11 is 0. The molecule has 58 heavy (non-hydrogen) atoms. The standard InChI is InChI=1S/C42H55N7O9/c1-28(40(43)55)44-41(56)35(23-32-15-9-6-10-16-32)45-42(57)39(30(3)50)46-36(52)25-49(29(2)34-19-13-8-14-20-34)38(54)27-48(24-33-17-11-7-12-18-33)37(53)26-47(31(4)51)21-22-58-5/h6-20,28-30,35,39,50H,21-27H2,1-5H3,(H2,43,55)(H,44,56)(H,45,57)(H,46,52)/t28-,29-,30+,35-,39-/m0/s1. The Bertz CT molecular complexity index is 1830. The first-order chi connectivity index (χ1) is 27.6. The highest BCUT2D eigenvalue weighted by atomic mass is 16.5. The Morgan fingerprint density at radius 1 is 0.707 bits per heavy atom. The van der Waals surface area contributed by atoms with Crippen molar-refractivity contribution < 1.29 is 43.4 Å². The van der Waals surface area contributed by atoms with E-state index in [1.165, 1.54) is 42.6 Å². The number of aliphatic hydroxyl groups excluding tert-OH is 1. The molecule has 16 nitrogen and oxygen atoms in total. The van der Waals surface area contributed by atoms with Crippen LogP contribution in [-0.2, 0) is 51.3 Å². The summed E-state index contributed by atoms with van der Waals surface area (Å²) in [5.41, 5.74) is 7.42.